The van der Waals surface area contributed by atoms with Crippen molar-refractivity contribution in [1.82, 2.24) is 5.32 Å². The summed E-state index contributed by atoms with van der Waals surface area (Å²) in [6.07, 6.45) is 2.67. The molecule has 0 radical (unpaired) electrons. The van der Waals surface area contributed by atoms with Gasteiger partial charge in [0.15, 0.2) is 0 Å². The number of carbonyl (C=O) groups is 2. The van der Waals surface area contributed by atoms with Gasteiger partial charge in [0.05, 0.1) is 24.9 Å². The smallest absolute Gasteiger partial charge is 0.478 e. The first-order chi connectivity index (χ1) is 11.5. The minimum atomic E-state index is -1.20. The van der Waals surface area contributed by atoms with Crippen molar-refractivity contribution in [3.05, 3.63) is 33.5 Å². The van der Waals surface area contributed by atoms with Crippen LogP contribution in [-0.4, -0.2) is 41.2 Å². The highest BCUT2D eigenvalue weighted by Crippen LogP contribution is 2.36. The minimum Gasteiger partial charge on any atom is -0.481 e. The number of rotatable bonds is 5. The molecule has 0 bridgehead atoms. The Morgan fingerprint density at radius 2 is 2.25 bits per heavy atom. The average molecular weight is 349 g/mol. The van der Waals surface area contributed by atoms with Crippen LogP contribution in [0, 0.1) is 0 Å². The number of hydrogen-bond donors (Lipinski definition) is 3. The number of thiophene rings is 1. The van der Waals surface area contributed by atoms with Crippen LogP contribution in [0.1, 0.15) is 37.0 Å². The van der Waals surface area contributed by atoms with Crippen LogP contribution in [0.3, 0.4) is 0 Å². The fraction of sp³-hybridized carbons (Fsp3) is 0.500. The molecule has 6 nitrogen and oxygen atoms in total. The molecule has 0 unspecified atom stereocenters. The second-order valence-corrected chi connectivity index (χ2v) is 7.26. The van der Waals surface area contributed by atoms with Gasteiger partial charge in [0.1, 0.15) is 0 Å². The Kier molecular flexibility index (Phi) is 5.38. The number of carboxylic acid groups (broad SMARTS) is 1. The molecule has 1 aromatic heterocycles. The predicted molar refractivity (Wildman–Crippen MR) is 90.5 cm³/mol. The molecule has 0 saturated heterocycles. The molecule has 8 heteroatoms. The number of hydrogen-bond acceptors (Lipinski definition) is 5. The molecule has 0 fully saturated rings. The van der Waals surface area contributed by atoms with E-state index >= 15 is 0 Å². The molecule has 1 amide bonds. The highest BCUT2D eigenvalue weighted by molar-refractivity contribution is 7.10. The van der Waals surface area contributed by atoms with E-state index < -0.39 is 25.1 Å². The van der Waals surface area contributed by atoms with E-state index in [9.17, 15) is 14.6 Å². The molecule has 3 N–H and O–H groups in total. The van der Waals surface area contributed by atoms with E-state index in [0.717, 1.165) is 35.3 Å². The molecule has 24 heavy (non-hydrogen) atoms. The van der Waals surface area contributed by atoms with Crippen LogP contribution in [-0.2, 0) is 20.7 Å². The molecule has 1 aliphatic heterocycles. The van der Waals surface area contributed by atoms with E-state index in [1.807, 2.05) is 17.5 Å². The Bertz CT molecular complexity index is 645. The van der Waals surface area contributed by atoms with Gasteiger partial charge in [0.25, 0.3) is 0 Å². The third kappa shape index (κ3) is 4.06. The van der Waals surface area contributed by atoms with Crippen LogP contribution in [0.4, 0.5) is 0 Å². The zero-order valence-corrected chi connectivity index (χ0v) is 14.1. The maximum Gasteiger partial charge on any atom is 0.478 e. The van der Waals surface area contributed by atoms with E-state index in [0.29, 0.717) is 6.42 Å². The monoisotopic (exact) mass is 349 g/mol. The summed E-state index contributed by atoms with van der Waals surface area (Å²) in [6, 6.07) is 3.79. The summed E-state index contributed by atoms with van der Waals surface area (Å²) in [4.78, 5) is 24.2. The number of amides is 1. The normalized spacial score (nSPS) is 23.8. The summed E-state index contributed by atoms with van der Waals surface area (Å²) in [6.45, 7) is 0. The summed E-state index contributed by atoms with van der Waals surface area (Å²) in [5.74, 6) is -1.66. The largest absolute Gasteiger partial charge is 0.481 e. The van der Waals surface area contributed by atoms with Crippen LogP contribution in [0.2, 0.25) is 0 Å². The second kappa shape index (κ2) is 7.50. The summed E-state index contributed by atoms with van der Waals surface area (Å²) in [7, 11) is -1.20. The van der Waals surface area contributed by atoms with E-state index in [1.54, 1.807) is 0 Å². The number of nitrogens with one attached hydrogen (secondary N) is 1. The minimum absolute atomic E-state index is 0.161. The maximum atomic E-state index is 12.2. The van der Waals surface area contributed by atoms with Gasteiger partial charge >= 0.3 is 13.1 Å². The summed E-state index contributed by atoms with van der Waals surface area (Å²) >= 11 is 1.51. The quantitative estimate of drug-likeness (QED) is 0.554. The average Bonchev–Trinajstić information content (AvgIpc) is 3.14. The topological polar surface area (TPSA) is 95.9 Å². The third-order valence-electron chi connectivity index (χ3n) is 4.50. The standard InChI is InChI=1S/C16H20BNO5S/c19-15(8-11-4-2-6-24-11)18-14-7-10-3-1-5-12(10)13(9-16(20)21)23-17(14)22/h2,4,6,13-14,22H,1,3,5,7-9H2,(H,18,19)(H,20,21)/t13-,14-/m0/s1. The Hall–Kier alpha value is -1.64. The van der Waals surface area contributed by atoms with Gasteiger partial charge in [-0.05, 0) is 42.7 Å². The molecule has 2 aliphatic rings. The third-order valence-corrected chi connectivity index (χ3v) is 5.38. The van der Waals surface area contributed by atoms with Gasteiger partial charge in [-0.1, -0.05) is 11.6 Å². The zero-order valence-electron chi connectivity index (χ0n) is 13.2. The van der Waals surface area contributed by atoms with Crippen molar-refractivity contribution in [2.24, 2.45) is 0 Å². The first kappa shape index (κ1) is 17.2. The van der Waals surface area contributed by atoms with Gasteiger partial charge in [-0.25, -0.2) is 0 Å². The van der Waals surface area contributed by atoms with Crippen LogP contribution >= 0.6 is 11.3 Å². The van der Waals surface area contributed by atoms with Gasteiger partial charge in [-0.15, -0.1) is 11.3 Å². The molecule has 128 valence electrons. The number of aliphatic carboxylic acids is 1. The van der Waals surface area contributed by atoms with Crippen molar-refractivity contribution in [1.29, 1.82) is 0 Å². The van der Waals surface area contributed by atoms with Crippen LogP contribution in [0.25, 0.3) is 0 Å². The lowest BCUT2D eigenvalue weighted by Gasteiger charge is -2.22. The number of carbonyl (C=O) groups excluding carboxylic acids is 1. The predicted octanol–water partition coefficient (Wildman–Crippen LogP) is 1.54. The molecule has 1 aromatic rings. The Balaban J connectivity index is 1.68. The van der Waals surface area contributed by atoms with Crippen LogP contribution in [0.5, 0.6) is 0 Å². The molecule has 2 atom stereocenters. The molecule has 0 aromatic carbocycles. The van der Waals surface area contributed by atoms with E-state index in [2.05, 4.69) is 5.32 Å². The zero-order chi connectivity index (χ0) is 17.1. The van der Waals surface area contributed by atoms with Gasteiger partial charge < -0.3 is 20.1 Å². The van der Waals surface area contributed by atoms with Crippen LogP contribution < -0.4 is 5.32 Å². The first-order valence-corrected chi connectivity index (χ1v) is 8.98. The fourth-order valence-corrected chi connectivity index (χ4v) is 4.15. The number of carboxylic acids is 1. The van der Waals surface area contributed by atoms with Gasteiger partial charge in [0.2, 0.25) is 5.91 Å². The molecular formula is C16H20BNO5S. The van der Waals surface area contributed by atoms with Crippen molar-refractivity contribution in [3.63, 3.8) is 0 Å². The molecule has 1 aliphatic carbocycles. The second-order valence-electron chi connectivity index (χ2n) is 6.23. The molecule has 2 heterocycles. The summed E-state index contributed by atoms with van der Waals surface area (Å²) in [5.41, 5.74) is 2.12. The lowest BCUT2D eigenvalue weighted by Crippen LogP contribution is -2.49. The Morgan fingerprint density at radius 3 is 2.96 bits per heavy atom. The van der Waals surface area contributed by atoms with Crippen molar-refractivity contribution in [3.8, 4) is 0 Å². The fourth-order valence-electron chi connectivity index (χ4n) is 3.44. The maximum absolute atomic E-state index is 12.2. The van der Waals surface area contributed by atoms with E-state index in [4.69, 9.17) is 9.76 Å². The molecular weight excluding hydrogens is 329 g/mol. The van der Waals surface area contributed by atoms with Crippen molar-refractivity contribution >= 4 is 30.3 Å². The molecule has 0 spiro atoms. The van der Waals surface area contributed by atoms with Crippen molar-refractivity contribution in [2.75, 3.05) is 0 Å². The SMILES string of the molecule is O=C(O)C[C@@H]1OB(O)[C@@H](NC(=O)Cc2cccs2)CC2=C1CCC2. The highest BCUT2D eigenvalue weighted by atomic mass is 32.1. The van der Waals surface area contributed by atoms with Crippen molar-refractivity contribution in [2.45, 2.75) is 50.6 Å². The summed E-state index contributed by atoms with van der Waals surface area (Å²) < 4.78 is 5.59. The van der Waals surface area contributed by atoms with Gasteiger partial charge in [-0.3, -0.25) is 9.59 Å². The Morgan fingerprint density at radius 1 is 1.42 bits per heavy atom. The lowest BCUT2D eigenvalue weighted by atomic mass is 9.75. The van der Waals surface area contributed by atoms with Gasteiger partial charge in [0, 0.05) is 4.88 Å². The molecule has 0 saturated carbocycles. The van der Waals surface area contributed by atoms with E-state index in [-0.39, 0.29) is 18.7 Å². The van der Waals surface area contributed by atoms with Crippen LogP contribution in [0.15, 0.2) is 28.7 Å². The van der Waals surface area contributed by atoms with Gasteiger partial charge in [-0.2, -0.15) is 0 Å². The molecule has 3 rings (SSSR count). The Labute approximate surface area is 144 Å². The lowest BCUT2D eigenvalue weighted by molar-refractivity contribution is -0.138. The van der Waals surface area contributed by atoms with Crippen molar-refractivity contribution < 1.29 is 24.4 Å². The highest BCUT2D eigenvalue weighted by Gasteiger charge is 2.39. The first-order valence-electron chi connectivity index (χ1n) is 8.11. The summed E-state index contributed by atoms with van der Waals surface area (Å²) in [5, 5.41) is 24.1. The van der Waals surface area contributed by atoms with E-state index in [1.165, 1.54) is 11.3 Å².